The van der Waals surface area contributed by atoms with Gasteiger partial charge in [0.25, 0.3) is 0 Å². The number of hydrogen-bond donors (Lipinski definition) is 1. The van der Waals surface area contributed by atoms with E-state index < -0.39 is 5.97 Å². The first-order valence-electron chi connectivity index (χ1n) is 4.52. The van der Waals surface area contributed by atoms with Crippen molar-refractivity contribution in [3.63, 3.8) is 0 Å². The van der Waals surface area contributed by atoms with Gasteiger partial charge >= 0.3 is 29.6 Å². The summed E-state index contributed by atoms with van der Waals surface area (Å²) >= 11 is 0. The number of aliphatic imine (C=N–C) groups is 1. The molecule has 0 bridgehead atoms. The van der Waals surface area contributed by atoms with Gasteiger partial charge in [0.1, 0.15) is 0 Å². The Morgan fingerprint density at radius 3 is 2.38 bits per heavy atom. The van der Waals surface area contributed by atoms with Crippen LogP contribution in [0.25, 0.3) is 0 Å². The number of aryl methyl sites for hydroxylation is 2. The van der Waals surface area contributed by atoms with Gasteiger partial charge in [-0.15, -0.1) is 0 Å². The van der Waals surface area contributed by atoms with Crippen molar-refractivity contribution in [2.24, 2.45) is 4.99 Å². The van der Waals surface area contributed by atoms with Crippen LogP contribution < -0.4 is 40.4 Å². The van der Waals surface area contributed by atoms with Crippen LogP contribution in [0.4, 0.5) is 5.69 Å². The Balaban J connectivity index is 0.00000225. The molecule has 1 aromatic rings. The van der Waals surface area contributed by atoms with Crippen molar-refractivity contribution in [3.05, 3.63) is 28.8 Å². The summed E-state index contributed by atoms with van der Waals surface area (Å²) in [6.45, 7) is 3.70. The second-order valence-electron chi connectivity index (χ2n) is 3.40. The van der Waals surface area contributed by atoms with Gasteiger partial charge in [0.05, 0.1) is 11.7 Å². The van der Waals surface area contributed by atoms with Crippen LogP contribution in [0, 0.1) is 13.8 Å². The number of aliphatic carboxylic acids is 1. The van der Waals surface area contributed by atoms with E-state index in [4.69, 9.17) is 5.73 Å². The number of benzene rings is 1. The predicted molar refractivity (Wildman–Crippen MR) is 57.8 cm³/mol. The maximum atomic E-state index is 10.8. The average Bonchev–Trinajstić information content (AvgIpc) is 2.13. The first-order chi connectivity index (χ1) is 6.97. The molecule has 1 rings (SSSR count). The summed E-state index contributed by atoms with van der Waals surface area (Å²) < 4.78 is 0. The van der Waals surface area contributed by atoms with Gasteiger partial charge in [0, 0.05) is 18.3 Å². The van der Waals surface area contributed by atoms with Crippen LogP contribution in [0.15, 0.2) is 17.1 Å². The third kappa shape index (κ3) is 3.07. The molecule has 0 fully saturated rings. The fourth-order valence-electron chi connectivity index (χ4n) is 1.50. The zero-order valence-electron chi connectivity index (χ0n) is 10.00. The average molecular weight is 228 g/mol. The summed E-state index contributed by atoms with van der Waals surface area (Å²) in [5, 5.41) is 10.8. The van der Waals surface area contributed by atoms with E-state index in [0.29, 0.717) is 11.3 Å². The second kappa shape index (κ2) is 6.03. The number of nitrogens with two attached hydrogens (primary N) is 1. The van der Waals surface area contributed by atoms with E-state index in [0.717, 1.165) is 11.1 Å². The number of rotatable bonds is 2. The van der Waals surface area contributed by atoms with Crippen molar-refractivity contribution in [2.45, 2.75) is 13.8 Å². The third-order valence-electron chi connectivity index (χ3n) is 2.20. The van der Waals surface area contributed by atoms with Crippen LogP contribution >= 0.6 is 0 Å². The van der Waals surface area contributed by atoms with Gasteiger partial charge in [0.2, 0.25) is 0 Å². The first-order valence-corrected chi connectivity index (χ1v) is 4.52. The first kappa shape index (κ1) is 15.2. The molecule has 0 spiro atoms. The van der Waals surface area contributed by atoms with Gasteiger partial charge in [-0.05, 0) is 25.5 Å². The molecule has 0 aromatic heterocycles. The molecular formula is C11H13N2NaO2. The van der Waals surface area contributed by atoms with Crippen molar-refractivity contribution >= 4 is 17.4 Å². The molecule has 16 heavy (non-hydrogen) atoms. The molecule has 5 heteroatoms. The number of nitrogens with zero attached hydrogens (tertiary/aromatic N) is 1. The largest absolute Gasteiger partial charge is 1.00 e. The van der Waals surface area contributed by atoms with Crippen molar-refractivity contribution in [3.8, 4) is 0 Å². The molecule has 0 amide bonds. The number of nitrogen functional groups attached to an aromatic ring is 1. The van der Waals surface area contributed by atoms with Crippen LogP contribution in [0.1, 0.15) is 16.7 Å². The van der Waals surface area contributed by atoms with Crippen LogP contribution in [0.3, 0.4) is 0 Å². The van der Waals surface area contributed by atoms with E-state index >= 15 is 0 Å². The van der Waals surface area contributed by atoms with E-state index in [-0.39, 0.29) is 35.3 Å². The van der Waals surface area contributed by atoms with Gasteiger partial charge in [-0.2, -0.15) is 0 Å². The van der Waals surface area contributed by atoms with Crippen LogP contribution in [0.5, 0.6) is 0 Å². The van der Waals surface area contributed by atoms with Gasteiger partial charge in [-0.25, -0.2) is 0 Å². The molecule has 0 saturated heterocycles. The summed E-state index contributed by atoms with van der Waals surface area (Å²) in [5.41, 5.74) is 8.33. The number of carbonyl (C=O) groups is 1. The van der Waals surface area contributed by atoms with Crippen LogP contribution in [0.2, 0.25) is 0 Å². The Kier molecular flexibility index (Phi) is 5.72. The van der Waals surface area contributed by atoms with Crippen molar-refractivity contribution < 1.29 is 39.5 Å². The molecule has 4 nitrogen and oxygen atoms in total. The zero-order valence-corrected chi connectivity index (χ0v) is 12.0. The van der Waals surface area contributed by atoms with E-state index in [1.54, 1.807) is 6.07 Å². The number of carboxylic acids is 1. The minimum Gasteiger partial charge on any atom is -0.543 e. The van der Waals surface area contributed by atoms with E-state index in [1.165, 1.54) is 7.05 Å². The number of hydrogen-bond acceptors (Lipinski definition) is 4. The standard InChI is InChI=1S/C11H14N2O2.Na/c1-6-4-7(2)9(12)8(5-6)10(13-3)11(14)15;/h4-5H,12H2,1-3H3,(H,14,15);/q;+1/p-1. The molecule has 0 saturated carbocycles. The normalized spacial score (nSPS) is 10.8. The molecule has 0 aliphatic carbocycles. The molecule has 0 aliphatic rings. The fraction of sp³-hybridized carbons (Fsp3) is 0.273. The zero-order chi connectivity index (χ0) is 11.6. The smallest absolute Gasteiger partial charge is 0.543 e. The van der Waals surface area contributed by atoms with Gasteiger partial charge in [-0.3, -0.25) is 4.99 Å². The Labute approximate surface area is 117 Å². The molecule has 0 aliphatic heterocycles. The molecule has 80 valence electrons. The second-order valence-corrected chi connectivity index (χ2v) is 3.40. The summed E-state index contributed by atoms with van der Waals surface area (Å²) in [7, 11) is 1.40. The van der Waals surface area contributed by atoms with E-state index in [9.17, 15) is 9.90 Å². The topological polar surface area (TPSA) is 78.5 Å². The van der Waals surface area contributed by atoms with Gasteiger partial charge in [-0.1, -0.05) is 11.6 Å². The molecule has 2 N–H and O–H groups in total. The molecule has 0 atom stereocenters. The van der Waals surface area contributed by atoms with Crippen LogP contribution in [-0.2, 0) is 4.79 Å². The monoisotopic (exact) mass is 228 g/mol. The third-order valence-corrected chi connectivity index (χ3v) is 2.20. The van der Waals surface area contributed by atoms with E-state index in [1.807, 2.05) is 19.9 Å². The van der Waals surface area contributed by atoms with Crippen molar-refractivity contribution in [1.82, 2.24) is 0 Å². The number of anilines is 1. The summed E-state index contributed by atoms with van der Waals surface area (Å²) in [4.78, 5) is 14.5. The number of carbonyl (C=O) groups excluding carboxylic acids is 1. The molecule has 1 aromatic carbocycles. The maximum Gasteiger partial charge on any atom is 1.00 e. The van der Waals surface area contributed by atoms with Crippen molar-refractivity contribution in [2.75, 3.05) is 12.8 Å². The molecule has 0 unspecified atom stereocenters. The van der Waals surface area contributed by atoms with Crippen LogP contribution in [-0.4, -0.2) is 18.7 Å². The Morgan fingerprint density at radius 1 is 1.38 bits per heavy atom. The SMILES string of the molecule is CN=C(C(=O)[O-])c1cc(C)cc(C)c1N.[Na+]. The molecule has 0 heterocycles. The summed E-state index contributed by atoms with van der Waals surface area (Å²) in [5.74, 6) is -1.31. The van der Waals surface area contributed by atoms with Crippen molar-refractivity contribution in [1.29, 1.82) is 0 Å². The summed E-state index contributed by atoms with van der Waals surface area (Å²) in [6, 6.07) is 3.59. The molecular weight excluding hydrogens is 215 g/mol. The predicted octanol–water partition coefficient (Wildman–Crippen LogP) is -2.94. The fourth-order valence-corrected chi connectivity index (χ4v) is 1.50. The summed E-state index contributed by atoms with van der Waals surface area (Å²) in [6.07, 6.45) is 0. The maximum absolute atomic E-state index is 10.8. The minimum absolute atomic E-state index is 0. The Morgan fingerprint density at radius 2 is 1.94 bits per heavy atom. The minimum atomic E-state index is -1.31. The van der Waals surface area contributed by atoms with E-state index in [2.05, 4.69) is 4.99 Å². The Hall–Kier alpha value is -0.840. The Bertz CT molecular complexity index is 442. The van der Waals surface area contributed by atoms with Gasteiger partial charge in [0.15, 0.2) is 0 Å². The van der Waals surface area contributed by atoms with Gasteiger partial charge < -0.3 is 15.6 Å². The molecule has 0 radical (unpaired) electrons. The quantitative estimate of drug-likeness (QED) is 0.334. The number of carboxylic acid groups (broad SMARTS) is 1.